The molecular formula is C17H24O3. The Labute approximate surface area is 121 Å². The van der Waals surface area contributed by atoms with Crippen LogP contribution in [0.1, 0.15) is 47.0 Å². The van der Waals surface area contributed by atoms with Gasteiger partial charge in [0, 0.05) is 12.8 Å². The second kappa shape index (κ2) is 5.19. The third-order valence-electron chi connectivity index (χ3n) is 4.79. The summed E-state index contributed by atoms with van der Waals surface area (Å²) in [5.41, 5.74) is 1.89. The molecule has 1 saturated carbocycles. The molecule has 2 aliphatic rings. The molecule has 0 aromatic carbocycles. The van der Waals surface area contributed by atoms with Crippen molar-refractivity contribution in [3.8, 4) is 0 Å². The number of ketones is 1. The van der Waals surface area contributed by atoms with Gasteiger partial charge in [-0.1, -0.05) is 32.1 Å². The van der Waals surface area contributed by atoms with E-state index in [0.717, 1.165) is 19.3 Å². The van der Waals surface area contributed by atoms with Gasteiger partial charge in [-0.05, 0) is 43.1 Å². The predicted molar refractivity (Wildman–Crippen MR) is 78.1 cm³/mol. The summed E-state index contributed by atoms with van der Waals surface area (Å²) < 4.78 is 5.41. The Morgan fingerprint density at radius 3 is 2.65 bits per heavy atom. The van der Waals surface area contributed by atoms with E-state index in [9.17, 15) is 9.59 Å². The molecule has 1 fully saturated rings. The summed E-state index contributed by atoms with van der Waals surface area (Å²) in [6.45, 7) is 11.7. The lowest BCUT2D eigenvalue weighted by Gasteiger charge is -2.54. The maximum Gasteiger partial charge on any atom is 0.303 e. The van der Waals surface area contributed by atoms with E-state index in [1.54, 1.807) is 0 Å². The van der Waals surface area contributed by atoms with Crippen molar-refractivity contribution >= 4 is 11.8 Å². The molecule has 3 nitrogen and oxygen atoms in total. The summed E-state index contributed by atoms with van der Waals surface area (Å²) in [7, 11) is 0. The zero-order valence-electron chi connectivity index (χ0n) is 12.9. The third kappa shape index (κ3) is 2.58. The Morgan fingerprint density at radius 2 is 2.10 bits per heavy atom. The lowest BCUT2D eigenvalue weighted by Crippen LogP contribution is -2.54. The van der Waals surface area contributed by atoms with Crippen molar-refractivity contribution in [2.24, 2.45) is 17.3 Å². The van der Waals surface area contributed by atoms with Crippen molar-refractivity contribution in [2.45, 2.75) is 53.1 Å². The zero-order chi connectivity index (χ0) is 15.1. The molecule has 0 N–H and O–H groups in total. The Morgan fingerprint density at radius 1 is 1.45 bits per heavy atom. The summed E-state index contributed by atoms with van der Waals surface area (Å²) in [6, 6.07) is 0. The Hall–Kier alpha value is -1.38. The molecule has 0 saturated heterocycles. The zero-order valence-corrected chi connectivity index (χ0v) is 12.9. The van der Waals surface area contributed by atoms with Crippen LogP contribution in [-0.2, 0) is 14.3 Å². The fraction of sp³-hybridized carbons (Fsp3) is 0.647. The fourth-order valence-corrected chi connectivity index (χ4v) is 3.69. The summed E-state index contributed by atoms with van der Waals surface area (Å²) in [5.74, 6) is -0.0921. The van der Waals surface area contributed by atoms with E-state index in [-0.39, 0.29) is 29.0 Å². The molecular weight excluding hydrogens is 252 g/mol. The van der Waals surface area contributed by atoms with Crippen molar-refractivity contribution in [1.29, 1.82) is 0 Å². The van der Waals surface area contributed by atoms with E-state index >= 15 is 0 Å². The lowest BCUT2D eigenvalue weighted by molar-refractivity contribution is -0.168. The quantitative estimate of drug-likeness (QED) is 0.544. The van der Waals surface area contributed by atoms with Gasteiger partial charge in [0.15, 0.2) is 11.9 Å². The summed E-state index contributed by atoms with van der Waals surface area (Å²) in [4.78, 5) is 24.0. The first-order chi connectivity index (χ1) is 9.24. The molecule has 0 spiro atoms. The van der Waals surface area contributed by atoms with E-state index in [1.165, 1.54) is 12.5 Å². The predicted octanol–water partition coefficient (Wildman–Crippen LogP) is 3.45. The van der Waals surface area contributed by atoms with Gasteiger partial charge in [-0.25, -0.2) is 0 Å². The van der Waals surface area contributed by atoms with Crippen LogP contribution >= 0.6 is 0 Å². The third-order valence-corrected chi connectivity index (χ3v) is 4.79. The minimum atomic E-state index is -0.660. The Kier molecular flexibility index (Phi) is 3.90. The Bertz CT molecular complexity index is 484. The first kappa shape index (κ1) is 15.0. The van der Waals surface area contributed by atoms with E-state index in [1.807, 2.05) is 13.0 Å². The summed E-state index contributed by atoms with van der Waals surface area (Å²) in [6.07, 6.45) is 4.05. The summed E-state index contributed by atoms with van der Waals surface area (Å²) in [5, 5.41) is 0. The number of esters is 1. The van der Waals surface area contributed by atoms with Crippen molar-refractivity contribution in [2.75, 3.05) is 0 Å². The maximum absolute atomic E-state index is 12.6. The van der Waals surface area contributed by atoms with Gasteiger partial charge in [-0.15, -0.1) is 0 Å². The second-order valence-electron chi connectivity index (χ2n) is 6.80. The molecule has 0 radical (unpaired) electrons. The van der Waals surface area contributed by atoms with Crippen molar-refractivity contribution < 1.29 is 14.3 Å². The number of rotatable bonds is 1. The summed E-state index contributed by atoms with van der Waals surface area (Å²) >= 11 is 0. The molecule has 20 heavy (non-hydrogen) atoms. The molecule has 0 amide bonds. The van der Waals surface area contributed by atoms with Crippen LogP contribution < -0.4 is 0 Å². The van der Waals surface area contributed by atoms with E-state index in [2.05, 4.69) is 20.4 Å². The average Bonchev–Trinajstić information content (AvgIpc) is 2.35. The smallest absolute Gasteiger partial charge is 0.303 e. The molecule has 0 bridgehead atoms. The number of Topliss-reactive ketones (excluding diaryl/α,β-unsaturated/α-hetero) is 1. The van der Waals surface area contributed by atoms with E-state index < -0.39 is 6.10 Å². The van der Waals surface area contributed by atoms with Crippen LogP contribution in [-0.4, -0.2) is 17.9 Å². The minimum Gasteiger partial charge on any atom is -0.454 e. The highest BCUT2D eigenvalue weighted by molar-refractivity contribution is 5.99. The SMILES string of the molecule is C=C1CC/C=C(/C)C(=O)[C@H](OC(C)=O)[C@H]2[C@@H]1CC2(C)C. The van der Waals surface area contributed by atoms with Crippen LogP contribution in [0, 0.1) is 17.3 Å². The van der Waals surface area contributed by atoms with Gasteiger partial charge in [-0.3, -0.25) is 9.59 Å². The van der Waals surface area contributed by atoms with Gasteiger partial charge in [0.05, 0.1) is 0 Å². The number of allylic oxidation sites excluding steroid dienone is 2. The van der Waals surface area contributed by atoms with Crippen LogP contribution in [0.25, 0.3) is 0 Å². The molecule has 0 heterocycles. The van der Waals surface area contributed by atoms with E-state index in [0.29, 0.717) is 5.57 Å². The van der Waals surface area contributed by atoms with Crippen LogP contribution in [0.4, 0.5) is 0 Å². The molecule has 2 aliphatic carbocycles. The molecule has 0 aliphatic heterocycles. The molecule has 110 valence electrons. The molecule has 0 aromatic heterocycles. The largest absolute Gasteiger partial charge is 0.454 e. The lowest BCUT2D eigenvalue weighted by atomic mass is 9.51. The normalized spacial score (nSPS) is 35.6. The maximum atomic E-state index is 12.6. The highest BCUT2D eigenvalue weighted by Crippen LogP contribution is 2.56. The number of hydrogen-bond donors (Lipinski definition) is 0. The second-order valence-corrected chi connectivity index (χ2v) is 6.80. The van der Waals surface area contributed by atoms with Gasteiger partial charge >= 0.3 is 5.97 Å². The molecule has 3 atom stereocenters. The van der Waals surface area contributed by atoms with Gasteiger partial charge in [0.25, 0.3) is 0 Å². The number of ether oxygens (including phenoxy) is 1. The molecule has 2 rings (SSSR count). The van der Waals surface area contributed by atoms with Gasteiger partial charge in [-0.2, -0.15) is 0 Å². The average molecular weight is 276 g/mol. The fourth-order valence-electron chi connectivity index (χ4n) is 3.69. The Balaban J connectivity index is 2.40. The highest BCUT2D eigenvalue weighted by Gasteiger charge is 2.55. The first-order valence-corrected chi connectivity index (χ1v) is 7.30. The van der Waals surface area contributed by atoms with Gasteiger partial charge < -0.3 is 4.74 Å². The molecule has 0 aromatic rings. The monoisotopic (exact) mass is 276 g/mol. The highest BCUT2D eigenvalue weighted by atomic mass is 16.5. The van der Waals surface area contributed by atoms with Gasteiger partial charge in [0.1, 0.15) is 0 Å². The topological polar surface area (TPSA) is 43.4 Å². The van der Waals surface area contributed by atoms with Crippen molar-refractivity contribution in [1.82, 2.24) is 0 Å². The van der Waals surface area contributed by atoms with Crippen LogP contribution in [0.15, 0.2) is 23.8 Å². The minimum absolute atomic E-state index is 0.00794. The van der Waals surface area contributed by atoms with Gasteiger partial charge in [0.2, 0.25) is 0 Å². The van der Waals surface area contributed by atoms with Crippen molar-refractivity contribution in [3.05, 3.63) is 23.8 Å². The number of hydrogen-bond acceptors (Lipinski definition) is 3. The standard InChI is InChI=1S/C17H24O3/c1-10-7-6-8-11(2)15(19)16(20-12(3)18)14-13(10)9-17(14,4)5/h8,13-14,16H,1,6-7,9H2,2-5H3/b11-8-/t13-,14-,16-/m1/s1. The van der Waals surface area contributed by atoms with Crippen LogP contribution in [0.5, 0.6) is 0 Å². The molecule has 3 heteroatoms. The van der Waals surface area contributed by atoms with Crippen molar-refractivity contribution in [3.63, 3.8) is 0 Å². The number of carbonyl (C=O) groups is 2. The van der Waals surface area contributed by atoms with E-state index in [4.69, 9.17) is 4.74 Å². The first-order valence-electron chi connectivity index (χ1n) is 7.30. The number of carbonyl (C=O) groups excluding carboxylic acids is 2. The number of fused-ring (bicyclic) bond motifs is 1. The molecule has 0 unspecified atom stereocenters. The van der Waals surface area contributed by atoms with Crippen LogP contribution in [0.3, 0.4) is 0 Å². The van der Waals surface area contributed by atoms with Crippen LogP contribution in [0.2, 0.25) is 0 Å².